The predicted octanol–water partition coefficient (Wildman–Crippen LogP) is 1.57. The highest BCUT2D eigenvalue weighted by molar-refractivity contribution is 5.80. The van der Waals surface area contributed by atoms with Gasteiger partial charge in [0.2, 0.25) is 5.91 Å². The van der Waals surface area contributed by atoms with Gasteiger partial charge in [0.15, 0.2) is 6.10 Å². The zero-order chi connectivity index (χ0) is 15.3. The van der Waals surface area contributed by atoms with Crippen molar-refractivity contribution in [3.05, 3.63) is 0 Å². The fraction of sp³-hybridized carbons (Fsp3) is 0.833. The Hall–Kier alpha value is -1.31. The minimum absolute atomic E-state index is 0.0447. The monoisotopic (exact) mass is 297 g/mol. The van der Waals surface area contributed by atoms with Crippen LogP contribution in [0, 0.1) is 11.8 Å². The number of hydrogen-bond donors (Lipinski definition) is 2. The molecule has 0 aromatic rings. The SMILES string of the molecule is COC(CNC(=O)C1CCCC(C(F)(F)F)C1)C(=O)O. The molecule has 20 heavy (non-hydrogen) atoms. The summed E-state index contributed by atoms with van der Waals surface area (Å²) in [5, 5.41) is 11.1. The predicted molar refractivity (Wildman–Crippen MR) is 62.9 cm³/mol. The molecule has 1 saturated carbocycles. The van der Waals surface area contributed by atoms with E-state index in [4.69, 9.17) is 5.11 Å². The number of alkyl halides is 3. The molecule has 0 aromatic carbocycles. The van der Waals surface area contributed by atoms with Gasteiger partial charge in [0, 0.05) is 13.0 Å². The van der Waals surface area contributed by atoms with E-state index in [2.05, 4.69) is 10.1 Å². The summed E-state index contributed by atoms with van der Waals surface area (Å²) in [7, 11) is 1.19. The maximum absolute atomic E-state index is 12.6. The molecule has 0 spiro atoms. The highest BCUT2D eigenvalue weighted by atomic mass is 19.4. The van der Waals surface area contributed by atoms with Crippen LogP contribution in [-0.4, -0.2) is 42.9 Å². The van der Waals surface area contributed by atoms with Gasteiger partial charge < -0.3 is 15.2 Å². The summed E-state index contributed by atoms with van der Waals surface area (Å²) in [6, 6.07) is 0. The molecule has 0 saturated heterocycles. The summed E-state index contributed by atoms with van der Waals surface area (Å²) in [6.45, 7) is -0.252. The molecule has 1 aliphatic rings. The molecule has 0 aromatic heterocycles. The van der Waals surface area contributed by atoms with Crippen LogP contribution < -0.4 is 5.32 Å². The van der Waals surface area contributed by atoms with Crippen LogP contribution in [0.3, 0.4) is 0 Å². The largest absolute Gasteiger partial charge is 0.479 e. The first-order valence-electron chi connectivity index (χ1n) is 6.35. The normalized spacial score (nSPS) is 25.0. The lowest BCUT2D eigenvalue weighted by Crippen LogP contribution is -2.42. The molecule has 3 unspecified atom stereocenters. The number of nitrogens with one attached hydrogen (secondary N) is 1. The van der Waals surface area contributed by atoms with Crippen molar-refractivity contribution in [2.24, 2.45) is 11.8 Å². The van der Waals surface area contributed by atoms with Crippen molar-refractivity contribution in [2.75, 3.05) is 13.7 Å². The van der Waals surface area contributed by atoms with E-state index in [1.165, 1.54) is 7.11 Å². The van der Waals surface area contributed by atoms with Crippen molar-refractivity contribution < 1.29 is 32.6 Å². The second-order valence-electron chi connectivity index (χ2n) is 4.91. The van der Waals surface area contributed by atoms with E-state index in [0.29, 0.717) is 12.8 Å². The van der Waals surface area contributed by atoms with E-state index in [1.54, 1.807) is 0 Å². The number of ether oxygens (including phenoxy) is 1. The number of halogens is 3. The van der Waals surface area contributed by atoms with Gasteiger partial charge in [0.25, 0.3) is 0 Å². The number of carbonyl (C=O) groups excluding carboxylic acids is 1. The summed E-state index contributed by atoms with van der Waals surface area (Å²) in [4.78, 5) is 22.5. The lowest BCUT2D eigenvalue weighted by atomic mass is 9.80. The number of aliphatic carboxylic acids is 1. The van der Waals surface area contributed by atoms with Crippen molar-refractivity contribution in [1.29, 1.82) is 0 Å². The zero-order valence-electron chi connectivity index (χ0n) is 11.1. The van der Waals surface area contributed by atoms with Gasteiger partial charge in [-0.25, -0.2) is 4.79 Å². The standard InChI is InChI=1S/C12H18F3NO4/c1-20-9(11(18)19)6-16-10(17)7-3-2-4-8(5-7)12(13,14)15/h7-9H,2-6H2,1H3,(H,16,17)(H,18,19). The summed E-state index contributed by atoms with van der Waals surface area (Å²) < 4.78 is 42.5. The smallest absolute Gasteiger partial charge is 0.391 e. The fourth-order valence-corrected chi connectivity index (χ4v) is 2.33. The fourth-order valence-electron chi connectivity index (χ4n) is 2.33. The Kier molecular flexibility index (Phi) is 5.79. The van der Waals surface area contributed by atoms with Crippen molar-refractivity contribution in [1.82, 2.24) is 5.32 Å². The third-order valence-electron chi connectivity index (χ3n) is 3.53. The third-order valence-corrected chi connectivity index (χ3v) is 3.53. The Morgan fingerprint density at radius 3 is 2.55 bits per heavy atom. The van der Waals surface area contributed by atoms with Crippen LogP contribution >= 0.6 is 0 Å². The molecule has 2 N–H and O–H groups in total. The number of rotatable bonds is 5. The molecule has 3 atom stereocenters. The van der Waals surface area contributed by atoms with Gasteiger partial charge in [-0.2, -0.15) is 13.2 Å². The van der Waals surface area contributed by atoms with E-state index in [1.807, 2.05) is 0 Å². The molecule has 0 heterocycles. The molecule has 0 radical (unpaired) electrons. The molecule has 5 nitrogen and oxygen atoms in total. The van der Waals surface area contributed by atoms with Gasteiger partial charge in [0.1, 0.15) is 0 Å². The average Bonchev–Trinajstić information content (AvgIpc) is 2.38. The van der Waals surface area contributed by atoms with Crippen LogP contribution in [0.5, 0.6) is 0 Å². The van der Waals surface area contributed by atoms with E-state index < -0.39 is 36.0 Å². The first kappa shape index (κ1) is 16.7. The first-order chi connectivity index (χ1) is 9.25. The Labute approximate surface area is 114 Å². The number of amides is 1. The van der Waals surface area contributed by atoms with Gasteiger partial charge in [-0.15, -0.1) is 0 Å². The third kappa shape index (κ3) is 4.66. The quantitative estimate of drug-likeness (QED) is 0.807. The second kappa shape index (κ2) is 6.92. The van der Waals surface area contributed by atoms with E-state index in [-0.39, 0.29) is 19.4 Å². The summed E-state index contributed by atoms with van der Waals surface area (Å²) in [5.41, 5.74) is 0. The van der Waals surface area contributed by atoms with Gasteiger partial charge in [-0.3, -0.25) is 4.79 Å². The molecular formula is C12H18F3NO4. The van der Waals surface area contributed by atoms with Gasteiger partial charge in [-0.1, -0.05) is 6.42 Å². The zero-order valence-corrected chi connectivity index (χ0v) is 11.1. The van der Waals surface area contributed by atoms with Crippen molar-refractivity contribution in [3.63, 3.8) is 0 Å². The summed E-state index contributed by atoms with van der Waals surface area (Å²) in [6.07, 6.45) is -4.93. The Morgan fingerprint density at radius 2 is 2.05 bits per heavy atom. The molecular weight excluding hydrogens is 279 g/mol. The number of hydrogen-bond acceptors (Lipinski definition) is 3. The minimum atomic E-state index is -4.28. The lowest BCUT2D eigenvalue weighted by Gasteiger charge is -2.29. The Morgan fingerprint density at radius 1 is 1.40 bits per heavy atom. The molecule has 116 valence electrons. The van der Waals surface area contributed by atoms with Crippen LogP contribution in [0.15, 0.2) is 0 Å². The van der Waals surface area contributed by atoms with Crippen molar-refractivity contribution in [3.8, 4) is 0 Å². The van der Waals surface area contributed by atoms with Crippen LogP contribution in [0.1, 0.15) is 25.7 Å². The number of carboxylic acid groups (broad SMARTS) is 1. The van der Waals surface area contributed by atoms with Gasteiger partial charge >= 0.3 is 12.1 Å². The second-order valence-corrected chi connectivity index (χ2v) is 4.91. The molecule has 1 fully saturated rings. The minimum Gasteiger partial charge on any atom is -0.479 e. The molecule has 1 amide bonds. The molecule has 0 aliphatic heterocycles. The average molecular weight is 297 g/mol. The van der Waals surface area contributed by atoms with Crippen molar-refractivity contribution in [2.45, 2.75) is 38.0 Å². The topological polar surface area (TPSA) is 75.6 Å². The van der Waals surface area contributed by atoms with Gasteiger partial charge in [-0.05, 0) is 19.3 Å². The maximum Gasteiger partial charge on any atom is 0.391 e. The molecule has 0 bridgehead atoms. The lowest BCUT2D eigenvalue weighted by molar-refractivity contribution is -0.186. The first-order valence-corrected chi connectivity index (χ1v) is 6.35. The van der Waals surface area contributed by atoms with Crippen LogP contribution in [0.2, 0.25) is 0 Å². The number of carbonyl (C=O) groups is 2. The number of carboxylic acids is 1. The van der Waals surface area contributed by atoms with Gasteiger partial charge in [0.05, 0.1) is 12.5 Å². The number of methoxy groups -OCH3 is 1. The van der Waals surface area contributed by atoms with Crippen LogP contribution in [0.4, 0.5) is 13.2 Å². The highest BCUT2D eigenvalue weighted by Crippen LogP contribution is 2.39. The Balaban J connectivity index is 2.49. The summed E-state index contributed by atoms with van der Waals surface area (Å²) >= 11 is 0. The van der Waals surface area contributed by atoms with E-state index in [9.17, 15) is 22.8 Å². The van der Waals surface area contributed by atoms with E-state index >= 15 is 0 Å². The van der Waals surface area contributed by atoms with Crippen LogP contribution in [0.25, 0.3) is 0 Å². The molecule has 8 heteroatoms. The van der Waals surface area contributed by atoms with Crippen LogP contribution in [-0.2, 0) is 14.3 Å². The van der Waals surface area contributed by atoms with Crippen molar-refractivity contribution >= 4 is 11.9 Å². The molecule has 1 rings (SSSR count). The molecule has 1 aliphatic carbocycles. The van der Waals surface area contributed by atoms with E-state index in [0.717, 1.165) is 0 Å². The Bertz CT molecular complexity index is 359. The maximum atomic E-state index is 12.6. The summed E-state index contributed by atoms with van der Waals surface area (Å²) in [5.74, 6) is -3.95. The highest BCUT2D eigenvalue weighted by Gasteiger charge is 2.43.